The predicted molar refractivity (Wildman–Crippen MR) is 77.0 cm³/mol. The highest BCUT2D eigenvalue weighted by atomic mass is 35.5. The summed E-state index contributed by atoms with van der Waals surface area (Å²) in [5.41, 5.74) is 6.67. The number of hydrogen-bond acceptors (Lipinski definition) is 3. The molecule has 1 unspecified atom stereocenters. The average molecular weight is 271 g/mol. The van der Waals surface area contributed by atoms with Crippen molar-refractivity contribution in [2.45, 2.75) is 31.8 Å². The molecule has 2 atom stereocenters. The van der Waals surface area contributed by atoms with Crippen LogP contribution in [0.1, 0.15) is 31.4 Å². The molecular weight excluding hydrogens is 248 g/mol. The maximum atomic E-state index is 6.19. The van der Waals surface area contributed by atoms with Gasteiger partial charge in [0.2, 0.25) is 0 Å². The van der Waals surface area contributed by atoms with Gasteiger partial charge in [0.15, 0.2) is 0 Å². The highest BCUT2D eigenvalue weighted by Crippen LogP contribution is 2.22. The van der Waals surface area contributed by atoms with Crippen molar-refractivity contribution in [2.75, 3.05) is 20.3 Å². The molecule has 0 saturated heterocycles. The molecule has 0 saturated carbocycles. The Morgan fingerprint density at radius 1 is 1.39 bits per heavy atom. The number of halogens is 1. The van der Waals surface area contributed by atoms with Gasteiger partial charge in [0, 0.05) is 24.2 Å². The van der Waals surface area contributed by atoms with Crippen LogP contribution in [0, 0.1) is 0 Å². The Bertz CT molecular complexity index is 346. The molecule has 0 aliphatic heterocycles. The van der Waals surface area contributed by atoms with Gasteiger partial charge in [0.1, 0.15) is 0 Å². The van der Waals surface area contributed by atoms with E-state index < -0.39 is 0 Å². The van der Waals surface area contributed by atoms with E-state index in [-0.39, 0.29) is 6.04 Å². The molecule has 0 fully saturated rings. The van der Waals surface area contributed by atoms with Gasteiger partial charge in [-0.2, -0.15) is 0 Å². The van der Waals surface area contributed by atoms with E-state index in [9.17, 15) is 0 Å². The van der Waals surface area contributed by atoms with Gasteiger partial charge in [-0.15, -0.1) is 0 Å². The topological polar surface area (TPSA) is 47.3 Å². The Morgan fingerprint density at radius 3 is 2.72 bits per heavy atom. The molecule has 0 aromatic heterocycles. The fourth-order valence-corrected chi connectivity index (χ4v) is 2.35. The molecule has 0 amide bonds. The average Bonchev–Trinajstić information content (AvgIpc) is 2.36. The summed E-state index contributed by atoms with van der Waals surface area (Å²) in [6.07, 6.45) is 2.01. The van der Waals surface area contributed by atoms with Crippen molar-refractivity contribution in [2.24, 2.45) is 5.73 Å². The van der Waals surface area contributed by atoms with Crippen molar-refractivity contribution in [1.82, 2.24) is 5.32 Å². The van der Waals surface area contributed by atoms with Gasteiger partial charge in [-0.05, 0) is 37.9 Å². The molecule has 18 heavy (non-hydrogen) atoms. The molecule has 1 aromatic carbocycles. The summed E-state index contributed by atoms with van der Waals surface area (Å²) >= 11 is 6.19. The van der Waals surface area contributed by atoms with Gasteiger partial charge in [0.05, 0.1) is 6.61 Å². The van der Waals surface area contributed by atoms with Crippen LogP contribution in [0.15, 0.2) is 24.3 Å². The SMILES string of the molecule is COCC(CCCN)N[C@H](C)c1ccccc1Cl. The van der Waals surface area contributed by atoms with Crippen LogP contribution in [0.5, 0.6) is 0 Å². The lowest BCUT2D eigenvalue weighted by Crippen LogP contribution is -2.35. The fraction of sp³-hybridized carbons (Fsp3) is 0.571. The minimum atomic E-state index is 0.205. The third-order valence-corrected chi connectivity index (χ3v) is 3.33. The first-order chi connectivity index (χ1) is 8.69. The Morgan fingerprint density at radius 2 is 2.11 bits per heavy atom. The standard InChI is InChI=1S/C14H23ClN2O/c1-11(13-7-3-4-8-14(13)15)17-12(10-18-2)6-5-9-16/h3-4,7-8,11-12,17H,5-6,9-10,16H2,1-2H3/t11-,12?/m1/s1. The van der Waals surface area contributed by atoms with Gasteiger partial charge < -0.3 is 15.8 Å². The van der Waals surface area contributed by atoms with E-state index in [1.807, 2.05) is 24.3 Å². The summed E-state index contributed by atoms with van der Waals surface area (Å²) in [6.45, 7) is 3.52. The Balaban J connectivity index is 2.60. The fourth-order valence-electron chi connectivity index (χ4n) is 2.05. The van der Waals surface area contributed by atoms with E-state index in [1.165, 1.54) is 0 Å². The van der Waals surface area contributed by atoms with Crippen molar-refractivity contribution in [3.05, 3.63) is 34.9 Å². The minimum absolute atomic E-state index is 0.205. The highest BCUT2D eigenvalue weighted by molar-refractivity contribution is 6.31. The lowest BCUT2D eigenvalue weighted by atomic mass is 10.1. The van der Waals surface area contributed by atoms with Crippen LogP contribution in [0.25, 0.3) is 0 Å². The quantitative estimate of drug-likeness (QED) is 0.764. The van der Waals surface area contributed by atoms with Crippen molar-refractivity contribution in [1.29, 1.82) is 0 Å². The lowest BCUT2D eigenvalue weighted by molar-refractivity contribution is 0.156. The van der Waals surface area contributed by atoms with Gasteiger partial charge in [-0.1, -0.05) is 29.8 Å². The van der Waals surface area contributed by atoms with Crippen molar-refractivity contribution < 1.29 is 4.74 Å². The second kappa shape index (κ2) is 8.48. The van der Waals surface area contributed by atoms with Gasteiger partial charge >= 0.3 is 0 Å². The number of ether oxygens (including phenoxy) is 1. The van der Waals surface area contributed by atoms with Crippen LogP contribution in [-0.2, 0) is 4.74 Å². The zero-order valence-electron chi connectivity index (χ0n) is 11.2. The maximum Gasteiger partial charge on any atom is 0.0616 e. The predicted octanol–water partition coefficient (Wildman–Crippen LogP) is 2.74. The van der Waals surface area contributed by atoms with E-state index in [0.717, 1.165) is 23.4 Å². The summed E-state index contributed by atoms with van der Waals surface area (Å²) in [7, 11) is 1.72. The molecule has 3 nitrogen and oxygen atoms in total. The van der Waals surface area contributed by atoms with Crippen molar-refractivity contribution in [3.8, 4) is 0 Å². The second-order valence-corrected chi connectivity index (χ2v) is 4.90. The van der Waals surface area contributed by atoms with Crippen molar-refractivity contribution in [3.63, 3.8) is 0 Å². The Labute approximate surface area is 115 Å². The maximum absolute atomic E-state index is 6.19. The van der Waals surface area contributed by atoms with Crippen LogP contribution in [0.4, 0.5) is 0 Å². The number of benzene rings is 1. The molecule has 3 N–H and O–H groups in total. The molecule has 4 heteroatoms. The Hall–Kier alpha value is -0.610. The van der Waals surface area contributed by atoms with E-state index in [1.54, 1.807) is 7.11 Å². The van der Waals surface area contributed by atoms with Crippen LogP contribution in [0.3, 0.4) is 0 Å². The first-order valence-electron chi connectivity index (χ1n) is 6.38. The Kier molecular flexibility index (Phi) is 7.28. The minimum Gasteiger partial charge on any atom is -0.383 e. The first-order valence-corrected chi connectivity index (χ1v) is 6.76. The summed E-state index contributed by atoms with van der Waals surface area (Å²) in [5, 5.41) is 4.34. The van der Waals surface area contributed by atoms with Crippen LogP contribution < -0.4 is 11.1 Å². The summed E-state index contributed by atoms with van der Waals surface area (Å²) in [5.74, 6) is 0. The van der Waals surface area contributed by atoms with Gasteiger partial charge in [-0.3, -0.25) is 0 Å². The van der Waals surface area contributed by atoms with E-state index in [4.69, 9.17) is 22.1 Å². The largest absolute Gasteiger partial charge is 0.383 e. The molecule has 0 spiro atoms. The van der Waals surface area contributed by atoms with E-state index in [0.29, 0.717) is 19.2 Å². The number of nitrogens with two attached hydrogens (primary N) is 1. The molecule has 1 rings (SSSR count). The van der Waals surface area contributed by atoms with Gasteiger partial charge in [-0.25, -0.2) is 0 Å². The molecule has 1 aromatic rings. The third-order valence-electron chi connectivity index (χ3n) is 2.98. The smallest absolute Gasteiger partial charge is 0.0616 e. The zero-order chi connectivity index (χ0) is 13.4. The molecule has 102 valence electrons. The molecule has 0 aliphatic carbocycles. The molecule has 0 radical (unpaired) electrons. The molecule has 0 aliphatic rings. The summed E-state index contributed by atoms with van der Waals surface area (Å²) in [6, 6.07) is 8.43. The number of hydrogen-bond donors (Lipinski definition) is 2. The number of rotatable bonds is 8. The summed E-state index contributed by atoms with van der Waals surface area (Å²) in [4.78, 5) is 0. The van der Waals surface area contributed by atoms with Crippen LogP contribution in [0.2, 0.25) is 5.02 Å². The molecule has 0 bridgehead atoms. The van der Waals surface area contributed by atoms with Crippen LogP contribution in [-0.4, -0.2) is 26.3 Å². The van der Waals surface area contributed by atoms with E-state index >= 15 is 0 Å². The van der Waals surface area contributed by atoms with Gasteiger partial charge in [0.25, 0.3) is 0 Å². The normalized spacial score (nSPS) is 14.4. The monoisotopic (exact) mass is 270 g/mol. The zero-order valence-corrected chi connectivity index (χ0v) is 11.9. The molecule has 0 heterocycles. The summed E-state index contributed by atoms with van der Waals surface area (Å²) < 4.78 is 5.23. The van der Waals surface area contributed by atoms with Crippen molar-refractivity contribution >= 4 is 11.6 Å². The first kappa shape index (κ1) is 15.4. The van der Waals surface area contributed by atoms with E-state index in [2.05, 4.69) is 12.2 Å². The molecular formula is C14H23ClN2O. The lowest BCUT2D eigenvalue weighted by Gasteiger charge is -2.23. The number of nitrogens with one attached hydrogen (secondary N) is 1. The highest BCUT2D eigenvalue weighted by Gasteiger charge is 2.14. The van der Waals surface area contributed by atoms with Crippen LogP contribution >= 0.6 is 11.6 Å². The number of methoxy groups -OCH3 is 1. The second-order valence-electron chi connectivity index (χ2n) is 4.49. The third kappa shape index (κ3) is 4.94.